The largest absolute Gasteiger partial charge is 0.462 e. The van der Waals surface area contributed by atoms with Crippen molar-refractivity contribution in [3.63, 3.8) is 0 Å². The van der Waals surface area contributed by atoms with Gasteiger partial charge in [-0.1, -0.05) is 6.92 Å². The third-order valence-corrected chi connectivity index (χ3v) is 1.36. The van der Waals surface area contributed by atoms with Crippen molar-refractivity contribution in [3.05, 3.63) is 0 Å². The molecule has 4 nitrogen and oxygen atoms in total. The topological polar surface area (TPSA) is 55.4 Å². The smallest absolute Gasteiger partial charge is 0.396 e. The van der Waals surface area contributed by atoms with Gasteiger partial charge in [0.2, 0.25) is 0 Å². The van der Waals surface area contributed by atoms with Crippen molar-refractivity contribution in [2.24, 2.45) is 0 Å². The second-order valence-electron chi connectivity index (χ2n) is 2.27. The van der Waals surface area contributed by atoms with Gasteiger partial charge in [0, 0.05) is 6.04 Å². The predicted molar refractivity (Wildman–Crippen MR) is 39.9 cm³/mol. The number of amides is 1. The molecule has 64 valence electrons. The number of ether oxygens (including phenoxy) is 1. The van der Waals surface area contributed by atoms with Crippen LogP contribution in [0, 0.1) is 0 Å². The standard InChI is InChI=1S/C7H13NO3/c1-4-5(2)8-6(9)7(10)11-3/h5H,4H2,1-3H3,(H,8,9). The lowest BCUT2D eigenvalue weighted by Crippen LogP contribution is -2.37. The van der Waals surface area contributed by atoms with Crippen molar-refractivity contribution in [2.75, 3.05) is 7.11 Å². The molecule has 0 heterocycles. The van der Waals surface area contributed by atoms with Crippen LogP contribution in [0.2, 0.25) is 0 Å². The fourth-order valence-electron chi connectivity index (χ4n) is 0.477. The van der Waals surface area contributed by atoms with Crippen molar-refractivity contribution >= 4 is 11.9 Å². The second kappa shape index (κ2) is 4.71. The summed E-state index contributed by atoms with van der Waals surface area (Å²) in [7, 11) is 1.18. The molecule has 1 atom stereocenters. The van der Waals surface area contributed by atoms with E-state index in [0.717, 1.165) is 6.42 Å². The Labute approximate surface area is 65.9 Å². The summed E-state index contributed by atoms with van der Waals surface area (Å²) in [6.07, 6.45) is 0.794. The molecular formula is C7H13NO3. The number of esters is 1. The van der Waals surface area contributed by atoms with Gasteiger partial charge >= 0.3 is 11.9 Å². The van der Waals surface area contributed by atoms with Crippen molar-refractivity contribution in [1.29, 1.82) is 0 Å². The number of rotatable bonds is 2. The SMILES string of the molecule is CCC(C)NC(=O)C(=O)OC. The highest BCUT2D eigenvalue weighted by Crippen LogP contribution is 1.87. The van der Waals surface area contributed by atoms with Crippen LogP contribution in [0.25, 0.3) is 0 Å². The first-order valence-electron chi connectivity index (χ1n) is 3.50. The monoisotopic (exact) mass is 159 g/mol. The summed E-state index contributed by atoms with van der Waals surface area (Å²) < 4.78 is 4.21. The summed E-state index contributed by atoms with van der Waals surface area (Å²) in [6.45, 7) is 3.74. The van der Waals surface area contributed by atoms with Gasteiger partial charge in [-0.15, -0.1) is 0 Å². The summed E-state index contributed by atoms with van der Waals surface area (Å²) >= 11 is 0. The average molecular weight is 159 g/mol. The summed E-state index contributed by atoms with van der Waals surface area (Å²) in [5, 5.41) is 2.47. The molecule has 4 heteroatoms. The van der Waals surface area contributed by atoms with Crippen LogP contribution in [0.4, 0.5) is 0 Å². The number of carbonyl (C=O) groups excluding carboxylic acids is 2. The van der Waals surface area contributed by atoms with E-state index in [9.17, 15) is 9.59 Å². The fourth-order valence-corrected chi connectivity index (χ4v) is 0.477. The maximum Gasteiger partial charge on any atom is 0.396 e. The van der Waals surface area contributed by atoms with E-state index in [4.69, 9.17) is 0 Å². The first kappa shape index (κ1) is 9.94. The van der Waals surface area contributed by atoms with Crippen LogP contribution < -0.4 is 5.32 Å². The Morgan fingerprint density at radius 1 is 1.55 bits per heavy atom. The molecule has 0 bridgehead atoms. The van der Waals surface area contributed by atoms with E-state index in [0.29, 0.717) is 0 Å². The molecule has 0 fully saturated rings. The summed E-state index contributed by atoms with van der Waals surface area (Å²) in [5.41, 5.74) is 0. The molecule has 0 aliphatic carbocycles. The van der Waals surface area contributed by atoms with E-state index < -0.39 is 11.9 Å². The molecule has 0 rings (SSSR count). The lowest BCUT2D eigenvalue weighted by atomic mass is 10.2. The van der Waals surface area contributed by atoms with Crippen LogP contribution in [-0.2, 0) is 14.3 Å². The number of carbonyl (C=O) groups is 2. The van der Waals surface area contributed by atoms with Crippen LogP contribution in [0.3, 0.4) is 0 Å². The fraction of sp³-hybridized carbons (Fsp3) is 0.714. The molecule has 0 aliphatic heterocycles. The highest BCUT2D eigenvalue weighted by Gasteiger charge is 2.14. The normalized spacial score (nSPS) is 11.9. The molecule has 0 aromatic rings. The van der Waals surface area contributed by atoms with Gasteiger partial charge in [0.1, 0.15) is 0 Å². The Morgan fingerprint density at radius 2 is 2.09 bits per heavy atom. The van der Waals surface area contributed by atoms with Gasteiger partial charge in [-0.25, -0.2) is 4.79 Å². The molecular weight excluding hydrogens is 146 g/mol. The van der Waals surface area contributed by atoms with Crippen molar-refractivity contribution in [3.8, 4) is 0 Å². The van der Waals surface area contributed by atoms with E-state index in [1.54, 1.807) is 0 Å². The zero-order valence-corrected chi connectivity index (χ0v) is 7.01. The van der Waals surface area contributed by atoms with E-state index in [-0.39, 0.29) is 6.04 Å². The minimum atomic E-state index is -0.842. The van der Waals surface area contributed by atoms with Crippen LogP contribution >= 0.6 is 0 Å². The van der Waals surface area contributed by atoms with E-state index in [2.05, 4.69) is 10.1 Å². The minimum absolute atomic E-state index is 0.0154. The van der Waals surface area contributed by atoms with Crippen LogP contribution in [0.1, 0.15) is 20.3 Å². The third-order valence-electron chi connectivity index (χ3n) is 1.36. The first-order valence-corrected chi connectivity index (χ1v) is 3.50. The molecule has 1 unspecified atom stereocenters. The molecule has 0 aromatic heterocycles. The number of nitrogens with one attached hydrogen (secondary N) is 1. The third kappa shape index (κ3) is 3.60. The molecule has 0 radical (unpaired) electrons. The summed E-state index contributed by atoms with van der Waals surface area (Å²) in [6, 6.07) is 0.0154. The number of hydrogen-bond donors (Lipinski definition) is 1. The zero-order valence-electron chi connectivity index (χ0n) is 7.01. The van der Waals surface area contributed by atoms with Crippen molar-refractivity contribution in [1.82, 2.24) is 5.32 Å². The molecule has 0 aromatic carbocycles. The van der Waals surface area contributed by atoms with Crippen LogP contribution in [0.15, 0.2) is 0 Å². The minimum Gasteiger partial charge on any atom is -0.462 e. The van der Waals surface area contributed by atoms with Crippen LogP contribution in [0.5, 0.6) is 0 Å². The highest BCUT2D eigenvalue weighted by atomic mass is 16.5. The molecule has 0 aliphatic rings. The summed E-state index contributed by atoms with van der Waals surface area (Å²) in [5.74, 6) is -1.52. The predicted octanol–water partition coefficient (Wildman–Crippen LogP) is 0.0741. The molecule has 1 amide bonds. The molecule has 1 N–H and O–H groups in total. The molecule has 0 spiro atoms. The molecule has 11 heavy (non-hydrogen) atoms. The first-order chi connectivity index (χ1) is 5.11. The average Bonchev–Trinajstić information content (AvgIpc) is 2.02. The quantitative estimate of drug-likeness (QED) is 0.458. The Hall–Kier alpha value is -1.06. The van der Waals surface area contributed by atoms with Gasteiger partial charge in [-0.2, -0.15) is 0 Å². The maximum absolute atomic E-state index is 10.8. The maximum atomic E-state index is 10.8. The van der Waals surface area contributed by atoms with Gasteiger partial charge in [0.15, 0.2) is 0 Å². The van der Waals surface area contributed by atoms with Crippen molar-refractivity contribution < 1.29 is 14.3 Å². The van der Waals surface area contributed by atoms with Crippen molar-refractivity contribution in [2.45, 2.75) is 26.3 Å². The van der Waals surface area contributed by atoms with Gasteiger partial charge in [0.05, 0.1) is 7.11 Å². The van der Waals surface area contributed by atoms with Gasteiger partial charge in [0.25, 0.3) is 0 Å². The van der Waals surface area contributed by atoms with E-state index >= 15 is 0 Å². The number of methoxy groups -OCH3 is 1. The van der Waals surface area contributed by atoms with Crippen LogP contribution in [-0.4, -0.2) is 25.0 Å². The Balaban J connectivity index is 3.77. The molecule has 0 saturated heterocycles. The zero-order chi connectivity index (χ0) is 8.85. The Bertz CT molecular complexity index is 156. The second-order valence-corrected chi connectivity index (χ2v) is 2.27. The lowest BCUT2D eigenvalue weighted by molar-refractivity contribution is -0.153. The van der Waals surface area contributed by atoms with E-state index in [1.165, 1.54) is 7.11 Å². The lowest BCUT2D eigenvalue weighted by Gasteiger charge is -2.08. The molecule has 0 saturated carbocycles. The Morgan fingerprint density at radius 3 is 2.45 bits per heavy atom. The Kier molecular flexibility index (Phi) is 4.26. The highest BCUT2D eigenvalue weighted by molar-refractivity contribution is 6.32. The summed E-state index contributed by atoms with van der Waals surface area (Å²) in [4.78, 5) is 21.3. The van der Waals surface area contributed by atoms with Gasteiger partial charge in [-0.05, 0) is 13.3 Å². The number of hydrogen-bond acceptors (Lipinski definition) is 3. The van der Waals surface area contributed by atoms with Gasteiger partial charge in [-0.3, -0.25) is 4.79 Å². The van der Waals surface area contributed by atoms with E-state index in [1.807, 2.05) is 13.8 Å². The van der Waals surface area contributed by atoms with Gasteiger partial charge < -0.3 is 10.1 Å².